The first-order valence-corrected chi connectivity index (χ1v) is 10.6. The summed E-state index contributed by atoms with van der Waals surface area (Å²) >= 11 is 0. The summed E-state index contributed by atoms with van der Waals surface area (Å²) in [6, 6.07) is 21.2. The molecule has 0 spiro atoms. The topological polar surface area (TPSA) is 58.9 Å². The summed E-state index contributed by atoms with van der Waals surface area (Å²) in [5, 5.41) is 1.73. The molecule has 0 saturated heterocycles. The number of nitrogens with zero attached hydrogens (tertiary/aromatic N) is 1. The van der Waals surface area contributed by atoms with Crippen LogP contribution in [0.3, 0.4) is 0 Å². The number of aromatic nitrogens is 1. The van der Waals surface area contributed by atoms with E-state index in [9.17, 15) is 4.79 Å². The van der Waals surface area contributed by atoms with Crippen molar-refractivity contribution in [2.75, 3.05) is 28.4 Å². The maximum Gasteiger partial charge on any atom is 0.251 e. The number of benzene rings is 3. The minimum absolute atomic E-state index is 0. The van der Waals surface area contributed by atoms with Crippen LogP contribution in [0.4, 0.5) is 0 Å². The van der Waals surface area contributed by atoms with Crippen molar-refractivity contribution in [1.29, 1.82) is 0 Å². The molecule has 0 unspecified atom stereocenters. The molecule has 0 atom stereocenters. The Balaban J connectivity index is 0.00000324. The lowest BCUT2D eigenvalue weighted by molar-refractivity contribution is 0.354. The fourth-order valence-corrected chi connectivity index (χ4v) is 4.07. The molecule has 4 aromatic rings. The van der Waals surface area contributed by atoms with Gasteiger partial charge in [-0.1, -0.05) is 36.4 Å². The summed E-state index contributed by atoms with van der Waals surface area (Å²) in [7, 11) is 6.42. The van der Waals surface area contributed by atoms with Crippen molar-refractivity contribution < 1.29 is 18.9 Å². The molecule has 178 valence electrons. The number of rotatable bonds is 8. The van der Waals surface area contributed by atoms with Crippen LogP contribution in [0.1, 0.15) is 16.8 Å². The number of halogens is 1. The fourth-order valence-electron chi connectivity index (χ4n) is 4.07. The van der Waals surface area contributed by atoms with Crippen molar-refractivity contribution in [3.05, 3.63) is 93.9 Å². The second kappa shape index (κ2) is 11.0. The summed E-state index contributed by atoms with van der Waals surface area (Å²) in [6.45, 7) is 0.465. The van der Waals surface area contributed by atoms with Gasteiger partial charge in [0.05, 0.1) is 35.0 Å². The van der Waals surface area contributed by atoms with Gasteiger partial charge in [-0.2, -0.15) is 0 Å². The maximum absolute atomic E-state index is 13.3. The molecular weight excluding hydrogens is 454 g/mol. The molecule has 4 rings (SSSR count). The van der Waals surface area contributed by atoms with Crippen LogP contribution in [-0.4, -0.2) is 33.0 Å². The number of hydrogen-bond donors (Lipinski definition) is 0. The molecule has 34 heavy (non-hydrogen) atoms. The number of ether oxygens (including phenoxy) is 4. The minimum atomic E-state index is -0.0750. The highest BCUT2D eigenvalue weighted by atomic mass is 35.5. The Hall–Kier alpha value is -3.64. The van der Waals surface area contributed by atoms with E-state index in [1.54, 1.807) is 34.5 Å². The lowest BCUT2D eigenvalue weighted by Gasteiger charge is -2.18. The van der Waals surface area contributed by atoms with E-state index in [1.807, 2.05) is 65.2 Å². The molecule has 1 heterocycles. The van der Waals surface area contributed by atoms with E-state index in [2.05, 4.69) is 0 Å². The third kappa shape index (κ3) is 4.97. The molecular formula is C27H28ClNO5. The standard InChI is InChI=1S/C27H27NO5.ClH/c1-30-23-11-10-19(13-24(23)31-2)12-22-21-16-26(33-4)25(32-3)14-20(21)15-27(29)28(22)17-18-8-6-5-7-9-18;/h5-11,13-16H,12,17H2,1-4H3;1H. The van der Waals surface area contributed by atoms with Crippen LogP contribution in [0.5, 0.6) is 23.0 Å². The highest BCUT2D eigenvalue weighted by Gasteiger charge is 2.16. The lowest BCUT2D eigenvalue weighted by Crippen LogP contribution is -2.24. The first-order chi connectivity index (χ1) is 16.1. The molecule has 0 N–H and O–H groups in total. The van der Waals surface area contributed by atoms with Crippen LogP contribution in [0.25, 0.3) is 10.8 Å². The zero-order chi connectivity index (χ0) is 23.4. The highest BCUT2D eigenvalue weighted by Crippen LogP contribution is 2.35. The quantitative estimate of drug-likeness (QED) is 0.350. The molecule has 0 bridgehead atoms. The Morgan fingerprint density at radius 1 is 0.676 bits per heavy atom. The van der Waals surface area contributed by atoms with Crippen molar-refractivity contribution in [2.45, 2.75) is 13.0 Å². The third-order valence-corrected chi connectivity index (χ3v) is 5.74. The van der Waals surface area contributed by atoms with Gasteiger partial charge in [0.2, 0.25) is 0 Å². The molecule has 0 aliphatic rings. The van der Waals surface area contributed by atoms with E-state index in [1.165, 1.54) is 0 Å². The molecule has 0 amide bonds. The molecule has 0 saturated carbocycles. The summed E-state index contributed by atoms with van der Waals surface area (Å²) in [4.78, 5) is 13.3. The second-order valence-corrected chi connectivity index (χ2v) is 7.66. The predicted octanol–water partition coefficient (Wildman–Crippen LogP) is 5.10. The van der Waals surface area contributed by atoms with Gasteiger partial charge < -0.3 is 23.5 Å². The van der Waals surface area contributed by atoms with Gasteiger partial charge in [-0.15, -0.1) is 12.4 Å². The number of fused-ring (bicyclic) bond motifs is 1. The van der Waals surface area contributed by atoms with E-state index in [0.717, 1.165) is 27.6 Å². The first-order valence-electron chi connectivity index (χ1n) is 10.6. The molecule has 6 nitrogen and oxygen atoms in total. The average molecular weight is 482 g/mol. The van der Waals surface area contributed by atoms with E-state index < -0.39 is 0 Å². The molecule has 3 aromatic carbocycles. The fraction of sp³-hybridized carbons (Fsp3) is 0.222. The zero-order valence-electron chi connectivity index (χ0n) is 19.7. The SMILES string of the molecule is COc1ccc(Cc2c3cc(OC)c(OC)cc3cc(=O)n2Cc2ccccc2)cc1OC.Cl. The van der Waals surface area contributed by atoms with Gasteiger partial charge in [0, 0.05) is 23.6 Å². The summed E-state index contributed by atoms with van der Waals surface area (Å²) in [5.41, 5.74) is 2.85. The molecule has 0 aliphatic heterocycles. The van der Waals surface area contributed by atoms with E-state index in [4.69, 9.17) is 18.9 Å². The van der Waals surface area contributed by atoms with Gasteiger partial charge in [0.1, 0.15) is 0 Å². The molecule has 1 aromatic heterocycles. The molecule has 7 heteroatoms. The van der Waals surface area contributed by atoms with Gasteiger partial charge in [-0.25, -0.2) is 0 Å². The average Bonchev–Trinajstić information content (AvgIpc) is 2.85. The van der Waals surface area contributed by atoms with Crippen molar-refractivity contribution in [3.8, 4) is 23.0 Å². The number of pyridine rings is 1. The van der Waals surface area contributed by atoms with Crippen LogP contribution < -0.4 is 24.5 Å². The smallest absolute Gasteiger partial charge is 0.251 e. The zero-order valence-corrected chi connectivity index (χ0v) is 20.5. The van der Waals surface area contributed by atoms with Crippen molar-refractivity contribution in [2.24, 2.45) is 0 Å². The summed E-state index contributed by atoms with van der Waals surface area (Å²) < 4.78 is 23.7. The number of methoxy groups -OCH3 is 4. The second-order valence-electron chi connectivity index (χ2n) is 7.66. The van der Waals surface area contributed by atoms with Gasteiger partial charge >= 0.3 is 0 Å². The molecule has 0 aliphatic carbocycles. The largest absolute Gasteiger partial charge is 0.493 e. The molecule has 0 fully saturated rings. The summed E-state index contributed by atoms with van der Waals surface area (Å²) in [6.07, 6.45) is 0.523. The van der Waals surface area contributed by atoms with Gasteiger partial charge in [-0.05, 0) is 40.8 Å². The van der Waals surface area contributed by atoms with Gasteiger partial charge in [0.25, 0.3) is 5.56 Å². The lowest BCUT2D eigenvalue weighted by atomic mass is 10.0. The Morgan fingerprint density at radius 2 is 1.29 bits per heavy atom. The van der Waals surface area contributed by atoms with Gasteiger partial charge in [0.15, 0.2) is 23.0 Å². The Kier molecular flexibility index (Phi) is 8.08. The first kappa shape index (κ1) is 25.0. The van der Waals surface area contributed by atoms with Crippen molar-refractivity contribution >= 4 is 23.2 Å². The minimum Gasteiger partial charge on any atom is -0.493 e. The number of hydrogen-bond acceptors (Lipinski definition) is 5. The normalized spacial score (nSPS) is 10.5. The van der Waals surface area contributed by atoms with E-state index in [-0.39, 0.29) is 18.0 Å². The van der Waals surface area contributed by atoms with E-state index in [0.29, 0.717) is 36.0 Å². The van der Waals surface area contributed by atoms with Crippen LogP contribution in [-0.2, 0) is 13.0 Å². The van der Waals surface area contributed by atoms with Crippen LogP contribution in [0.2, 0.25) is 0 Å². The van der Waals surface area contributed by atoms with Crippen LogP contribution >= 0.6 is 12.4 Å². The Labute approximate surface area is 205 Å². The highest BCUT2D eigenvalue weighted by molar-refractivity contribution is 5.88. The van der Waals surface area contributed by atoms with Crippen molar-refractivity contribution in [3.63, 3.8) is 0 Å². The van der Waals surface area contributed by atoms with Crippen LogP contribution in [0.15, 0.2) is 71.5 Å². The molecule has 0 radical (unpaired) electrons. The predicted molar refractivity (Wildman–Crippen MR) is 136 cm³/mol. The summed E-state index contributed by atoms with van der Waals surface area (Å²) in [5.74, 6) is 2.50. The third-order valence-electron chi connectivity index (χ3n) is 5.74. The van der Waals surface area contributed by atoms with Crippen molar-refractivity contribution in [1.82, 2.24) is 4.57 Å². The van der Waals surface area contributed by atoms with Gasteiger partial charge in [-0.3, -0.25) is 4.79 Å². The monoisotopic (exact) mass is 481 g/mol. The Morgan fingerprint density at radius 3 is 1.94 bits per heavy atom. The van der Waals surface area contributed by atoms with E-state index >= 15 is 0 Å². The van der Waals surface area contributed by atoms with Crippen LogP contribution in [0, 0.1) is 0 Å². The Bertz CT molecular complexity index is 1330. The maximum atomic E-state index is 13.3.